The van der Waals surface area contributed by atoms with E-state index in [0.29, 0.717) is 22.3 Å². The maximum atomic E-state index is 12.1. The van der Waals surface area contributed by atoms with E-state index < -0.39 is 0 Å². The minimum absolute atomic E-state index is 0.288. The fourth-order valence-corrected chi connectivity index (χ4v) is 2.83. The molecule has 2 heterocycles. The number of pyridine rings is 1. The SMILES string of the molecule is COc1ccc(-c2csc(NC(=O)c3ccccn3)n2)cc1OC. The number of thiazole rings is 1. The number of hydrogen-bond acceptors (Lipinski definition) is 6. The van der Waals surface area contributed by atoms with Crippen molar-refractivity contribution in [1.82, 2.24) is 9.97 Å². The highest BCUT2D eigenvalue weighted by molar-refractivity contribution is 7.14. The molecule has 122 valence electrons. The Hall–Kier alpha value is -2.93. The Morgan fingerprint density at radius 1 is 1.12 bits per heavy atom. The topological polar surface area (TPSA) is 73.3 Å². The molecular weight excluding hydrogens is 326 g/mol. The minimum atomic E-state index is -0.288. The number of carbonyl (C=O) groups excluding carboxylic acids is 1. The molecule has 1 amide bonds. The van der Waals surface area contributed by atoms with Gasteiger partial charge in [0, 0.05) is 17.1 Å². The molecule has 0 bridgehead atoms. The van der Waals surface area contributed by atoms with Crippen LogP contribution in [-0.2, 0) is 0 Å². The maximum absolute atomic E-state index is 12.1. The average Bonchev–Trinajstić information content (AvgIpc) is 3.10. The number of aromatic nitrogens is 2. The highest BCUT2D eigenvalue weighted by Gasteiger charge is 2.12. The van der Waals surface area contributed by atoms with Gasteiger partial charge in [0.1, 0.15) is 5.69 Å². The lowest BCUT2D eigenvalue weighted by Crippen LogP contribution is -2.13. The third kappa shape index (κ3) is 3.36. The van der Waals surface area contributed by atoms with E-state index >= 15 is 0 Å². The summed E-state index contributed by atoms with van der Waals surface area (Å²) < 4.78 is 10.5. The Morgan fingerprint density at radius 3 is 2.67 bits per heavy atom. The molecule has 0 spiro atoms. The normalized spacial score (nSPS) is 10.2. The van der Waals surface area contributed by atoms with E-state index in [9.17, 15) is 4.79 Å². The van der Waals surface area contributed by atoms with Crippen LogP contribution in [0.25, 0.3) is 11.3 Å². The number of carbonyl (C=O) groups is 1. The molecule has 1 aromatic carbocycles. The maximum Gasteiger partial charge on any atom is 0.276 e. The van der Waals surface area contributed by atoms with Crippen LogP contribution in [0.3, 0.4) is 0 Å². The lowest BCUT2D eigenvalue weighted by atomic mass is 10.1. The highest BCUT2D eigenvalue weighted by Crippen LogP contribution is 2.33. The first kappa shape index (κ1) is 15.9. The molecule has 0 saturated heterocycles. The first-order chi connectivity index (χ1) is 11.7. The standard InChI is InChI=1S/C17H15N3O3S/c1-22-14-7-6-11(9-15(14)23-2)13-10-24-17(19-13)20-16(21)12-5-3-4-8-18-12/h3-10H,1-2H3,(H,19,20,21). The van der Waals surface area contributed by atoms with Gasteiger partial charge in [0.2, 0.25) is 0 Å². The van der Waals surface area contributed by atoms with Gasteiger partial charge in [-0.3, -0.25) is 15.1 Å². The molecule has 24 heavy (non-hydrogen) atoms. The van der Waals surface area contributed by atoms with Crippen LogP contribution >= 0.6 is 11.3 Å². The molecule has 2 aromatic heterocycles. The largest absolute Gasteiger partial charge is 0.493 e. The second kappa shape index (κ2) is 7.10. The summed E-state index contributed by atoms with van der Waals surface area (Å²) in [5.41, 5.74) is 1.97. The number of anilines is 1. The molecule has 0 aliphatic heterocycles. The van der Waals surface area contributed by atoms with Crippen molar-refractivity contribution in [3.63, 3.8) is 0 Å². The van der Waals surface area contributed by atoms with E-state index in [0.717, 1.165) is 11.3 Å². The number of nitrogens with zero attached hydrogens (tertiary/aromatic N) is 2. The second-order valence-corrected chi connectivity index (χ2v) is 5.63. The lowest BCUT2D eigenvalue weighted by molar-refractivity contribution is 0.102. The Kier molecular flexibility index (Phi) is 4.72. The highest BCUT2D eigenvalue weighted by atomic mass is 32.1. The molecule has 0 unspecified atom stereocenters. The fraction of sp³-hybridized carbons (Fsp3) is 0.118. The third-order valence-electron chi connectivity index (χ3n) is 3.30. The van der Waals surface area contributed by atoms with Crippen molar-refractivity contribution < 1.29 is 14.3 Å². The van der Waals surface area contributed by atoms with Crippen LogP contribution in [0.4, 0.5) is 5.13 Å². The summed E-state index contributed by atoms with van der Waals surface area (Å²) in [5.74, 6) is 0.992. The second-order valence-electron chi connectivity index (χ2n) is 4.78. The first-order valence-corrected chi connectivity index (χ1v) is 7.99. The van der Waals surface area contributed by atoms with Gasteiger partial charge in [-0.1, -0.05) is 6.07 Å². The van der Waals surface area contributed by atoms with Crippen molar-refractivity contribution >= 4 is 22.4 Å². The van der Waals surface area contributed by atoms with E-state index in [1.165, 1.54) is 11.3 Å². The van der Waals surface area contributed by atoms with Crippen molar-refractivity contribution in [2.45, 2.75) is 0 Å². The van der Waals surface area contributed by atoms with Gasteiger partial charge < -0.3 is 9.47 Å². The predicted octanol–water partition coefficient (Wildman–Crippen LogP) is 3.47. The summed E-state index contributed by atoms with van der Waals surface area (Å²) in [6, 6.07) is 10.7. The summed E-state index contributed by atoms with van der Waals surface area (Å²) in [4.78, 5) is 20.6. The zero-order valence-corrected chi connectivity index (χ0v) is 14.0. The number of rotatable bonds is 5. The predicted molar refractivity (Wildman–Crippen MR) is 92.8 cm³/mol. The number of nitrogens with one attached hydrogen (secondary N) is 1. The van der Waals surface area contributed by atoms with E-state index in [1.807, 2.05) is 23.6 Å². The van der Waals surface area contributed by atoms with Gasteiger partial charge in [0.05, 0.1) is 19.9 Å². The summed E-state index contributed by atoms with van der Waals surface area (Å²) in [6.45, 7) is 0. The van der Waals surface area contributed by atoms with Crippen LogP contribution in [0.2, 0.25) is 0 Å². The number of ether oxygens (including phenoxy) is 2. The molecule has 3 aromatic rings. The molecule has 0 saturated carbocycles. The molecule has 0 atom stereocenters. The minimum Gasteiger partial charge on any atom is -0.493 e. The molecule has 0 aliphatic carbocycles. The van der Waals surface area contributed by atoms with Crippen LogP contribution in [0.15, 0.2) is 48.0 Å². The van der Waals surface area contributed by atoms with Gasteiger partial charge in [0.25, 0.3) is 5.91 Å². The Balaban J connectivity index is 1.79. The number of methoxy groups -OCH3 is 2. The van der Waals surface area contributed by atoms with Gasteiger partial charge in [-0.25, -0.2) is 4.98 Å². The summed E-state index contributed by atoms with van der Waals surface area (Å²) in [7, 11) is 3.17. The quantitative estimate of drug-likeness (QED) is 0.769. The zero-order chi connectivity index (χ0) is 16.9. The number of amides is 1. The molecule has 0 radical (unpaired) electrons. The third-order valence-corrected chi connectivity index (χ3v) is 4.06. The van der Waals surface area contributed by atoms with Crippen LogP contribution in [0, 0.1) is 0 Å². The Labute approximate surface area is 143 Å². The van der Waals surface area contributed by atoms with Crippen molar-refractivity contribution in [3.05, 3.63) is 53.7 Å². The van der Waals surface area contributed by atoms with Gasteiger partial charge in [-0.05, 0) is 30.3 Å². The lowest BCUT2D eigenvalue weighted by Gasteiger charge is -2.08. The van der Waals surface area contributed by atoms with E-state index in [2.05, 4.69) is 15.3 Å². The Morgan fingerprint density at radius 2 is 1.96 bits per heavy atom. The smallest absolute Gasteiger partial charge is 0.276 e. The molecule has 0 fully saturated rings. The molecule has 3 rings (SSSR count). The zero-order valence-electron chi connectivity index (χ0n) is 13.1. The summed E-state index contributed by atoms with van der Waals surface area (Å²) in [5, 5.41) is 5.13. The molecule has 6 nitrogen and oxygen atoms in total. The average molecular weight is 341 g/mol. The first-order valence-electron chi connectivity index (χ1n) is 7.11. The van der Waals surface area contributed by atoms with Crippen molar-refractivity contribution in [3.8, 4) is 22.8 Å². The summed E-state index contributed by atoms with van der Waals surface area (Å²) in [6.07, 6.45) is 1.58. The number of benzene rings is 1. The van der Waals surface area contributed by atoms with Crippen LogP contribution in [-0.4, -0.2) is 30.1 Å². The van der Waals surface area contributed by atoms with Crippen LogP contribution in [0.1, 0.15) is 10.5 Å². The van der Waals surface area contributed by atoms with Gasteiger partial charge in [-0.2, -0.15) is 0 Å². The fourth-order valence-electron chi connectivity index (χ4n) is 2.12. The monoisotopic (exact) mass is 341 g/mol. The molecule has 0 aliphatic rings. The van der Waals surface area contributed by atoms with E-state index in [-0.39, 0.29) is 5.91 Å². The Bertz CT molecular complexity index is 849. The van der Waals surface area contributed by atoms with E-state index in [1.54, 1.807) is 38.6 Å². The van der Waals surface area contributed by atoms with Crippen molar-refractivity contribution in [2.24, 2.45) is 0 Å². The molecule has 1 N–H and O–H groups in total. The van der Waals surface area contributed by atoms with E-state index in [4.69, 9.17) is 9.47 Å². The van der Waals surface area contributed by atoms with Crippen LogP contribution in [0.5, 0.6) is 11.5 Å². The van der Waals surface area contributed by atoms with Gasteiger partial charge in [0.15, 0.2) is 16.6 Å². The summed E-state index contributed by atoms with van der Waals surface area (Å²) >= 11 is 1.35. The van der Waals surface area contributed by atoms with Crippen molar-refractivity contribution in [2.75, 3.05) is 19.5 Å². The molecule has 7 heteroatoms. The van der Waals surface area contributed by atoms with Gasteiger partial charge in [-0.15, -0.1) is 11.3 Å². The number of hydrogen-bond donors (Lipinski definition) is 1. The van der Waals surface area contributed by atoms with Crippen LogP contribution < -0.4 is 14.8 Å². The van der Waals surface area contributed by atoms with Gasteiger partial charge >= 0.3 is 0 Å². The molecular formula is C17H15N3O3S. The van der Waals surface area contributed by atoms with Crippen molar-refractivity contribution in [1.29, 1.82) is 0 Å².